The Kier molecular flexibility index (Phi) is 7.77. The number of hydrogen-bond donors (Lipinski definition) is 1. The molecule has 0 heterocycles. The van der Waals surface area contributed by atoms with E-state index in [0.29, 0.717) is 25.5 Å². The summed E-state index contributed by atoms with van der Waals surface area (Å²) in [7, 11) is 1.65. The van der Waals surface area contributed by atoms with E-state index in [4.69, 9.17) is 9.47 Å². The minimum absolute atomic E-state index is 0.182. The number of ether oxygens (including phenoxy) is 2. The normalized spacial score (nSPS) is 14.5. The van der Waals surface area contributed by atoms with Crippen LogP contribution in [0.5, 0.6) is 11.5 Å². The molecule has 0 aliphatic heterocycles. The summed E-state index contributed by atoms with van der Waals surface area (Å²) < 4.78 is 11.4. The van der Waals surface area contributed by atoms with Gasteiger partial charge in [0.25, 0.3) is 0 Å². The highest BCUT2D eigenvalue weighted by molar-refractivity contribution is 5.76. The second-order valence-corrected chi connectivity index (χ2v) is 7.57. The maximum Gasteiger partial charge on any atom is 0.220 e. The molecule has 0 bridgehead atoms. The average Bonchev–Trinajstić information content (AvgIpc) is 2.74. The van der Waals surface area contributed by atoms with Crippen LogP contribution in [-0.4, -0.2) is 19.6 Å². The van der Waals surface area contributed by atoms with Crippen LogP contribution in [0.4, 0.5) is 0 Å². The van der Waals surface area contributed by atoms with Crippen molar-refractivity contribution in [3.63, 3.8) is 0 Å². The van der Waals surface area contributed by atoms with Gasteiger partial charge in [0.1, 0.15) is 6.61 Å². The van der Waals surface area contributed by atoms with Crippen LogP contribution in [-0.2, 0) is 17.8 Å². The molecule has 1 saturated carbocycles. The fourth-order valence-electron chi connectivity index (χ4n) is 3.79. The predicted octanol–water partition coefficient (Wildman–Crippen LogP) is 4.90. The number of carbonyl (C=O) groups is 1. The van der Waals surface area contributed by atoms with Gasteiger partial charge in [-0.25, -0.2) is 0 Å². The molecule has 0 atom stereocenters. The van der Waals surface area contributed by atoms with Crippen LogP contribution in [0.15, 0.2) is 48.5 Å². The highest BCUT2D eigenvalue weighted by atomic mass is 16.5. The Morgan fingerprint density at radius 2 is 1.79 bits per heavy atom. The number of carbonyl (C=O) groups excluding carboxylic acids is 1. The molecule has 4 nitrogen and oxygen atoms in total. The van der Waals surface area contributed by atoms with Crippen LogP contribution >= 0.6 is 0 Å². The lowest BCUT2D eigenvalue weighted by Gasteiger charge is -2.20. The summed E-state index contributed by atoms with van der Waals surface area (Å²) in [5.41, 5.74) is 2.25. The molecule has 1 fully saturated rings. The van der Waals surface area contributed by atoms with E-state index in [9.17, 15) is 4.79 Å². The lowest BCUT2D eigenvalue weighted by atomic mass is 9.87. The first-order chi connectivity index (χ1) is 13.7. The Morgan fingerprint density at radius 1 is 1.00 bits per heavy atom. The van der Waals surface area contributed by atoms with E-state index in [-0.39, 0.29) is 5.91 Å². The number of hydrogen-bond acceptors (Lipinski definition) is 3. The zero-order chi connectivity index (χ0) is 19.6. The van der Waals surface area contributed by atoms with Gasteiger partial charge >= 0.3 is 0 Å². The summed E-state index contributed by atoms with van der Waals surface area (Å²) in [5.74, 6) is 2.22. The first-order valence-corrected chi connectivity index (χ1v) is 10.3. The van der Waals surface area contributed by atoms with Crippen LogP contribution < -0.4 is 14.8 Å². The highest BCUT2D eigenvalue weighted by Gasteiger charge is 2.16. The largest absolute Gasteiger partial charge is 0.493 e. The Morgan fingerprint density at radius 3 is 2.54 bits per heavy atom. The van der Waals surface area contributed by atoms with E-state index in [1.165, 1.54) is 32.1 Å². The first-order valence-electron chi connectivity index (χ1n) is 10.3. The lowest BCUT2D eigenvalue weighted by Crippen LogP contribution is -2.28. The average molecular weight is 382 g/mol. The molecule has 1 amide bonds. The third-order valence-corrected chi connectivity index (χ3v) is 5.40. The van der Waals surface area contributed by atoms with Crippen molar-refractivity contribution in [2.45, 2.75) is 51.6 Å². The smallest absolute Gasteiger partial charge is 0.220 e. The van der Waals surface area contributed by atoms with E-state index >= 15 is 0 Å². The standard InChI is InChI=1S/C24H31NO3/c1-27-23-16-20(12-13-22(23)28-18-21-10-6-3-7-11-21)14-15-25-24(26)17-19-8-4-2-5-9-19/h3,6-7,10-13,16,19H,2,4-5,8-9,14-15,17-18H2,1H3,(H,25,26). The van der Waals surface area contributed by atoms with Crippen molar-refractivity contribution in [2.75, 3.05) is 13.7 Å². The molecule has 0 aromatic heterocycles. The van der Waals surface area contributed by atoms with E-state index in [1.54, 1.807) is 7.11 Å². The molecule has 3 rings (SSSR count). The maximum absolute atomic E-state index is 12.1. The summed E-state index contributed by atoms with van der Waals surface area (Å²) in [6.45, 7) is 1.16. The van der Waals surface area contributed by atoms with E-state index < -0.39 is 0 Å². The second-order valence-electron chi connectivity index (χ2n) is 7.57. The van der Waals surface area contributed by atoms with Crippen LogP contribution in [0.1, 0.15) is 49.7 Å². The van der Waals surface area contributed by atoms with E-state index in [0.717, 1.165) is 29.0 Å². The van der Waals surface area contributed by atoms with Gasteiger partial charge in [-0.3, -0.25) is 4.79 Å². The molecule has 2 aromatic carbocycles. The zero-order valence-electron chi connectivity index (χ0n) is 16.8. The van der Waals surface area contributed by atoms with E-state index in [1.807, 2.05) is 48.5 Å². The first kappa shape index (κ1) is 20.2. The number of amides is 1. The topological polar surface area (TPSA) is 47.6 Å². The fraction of sp³-hybridized carbons (Fsp3) is 0.458. The fourth-order valence-corrected chi connectivity index (χ4v) is 3.79. The second kappa shape index (κ2) is 10.7. The summed E-state index contributed by atoms with van der Waals surface area (Å²) >= 11 is 0. The molecular weight excluding hydrogens is 350 g/mol. The number of methoxy groups -OCH3 is 1. The monoisotopic (exact) mass is 381 g/mol. The molecule has 150 valence electrons. The Balaban J connectivity index is 1.45. The molecule has 1 aliphatic carbocycles. The van der Waals surface area contributed by atoms with Crippen molar-refractivity contribution >= 4 is 5.91 Å². The van der Waals surface area contributed by atoms with Crippen molar-refractivity contribution in [1.82, 2.24) is 5.32 Å². The van der Waals surface area contributed by atoms with Crippen LogP contribution in [0.2, 0.25) is 0 Å². The van der Waals surface area contributed by atoms with Crippen molar-refractivity contribution in [3.8, 4) is 11.5 Å². The molecule has 1 aliphatic rings. The number of benzene rings is 2. The SMILES string of the molecule is COc1cc(CCNC(=O)CC2CCCCC2)ccc1OCc1ccccc1. The van der Waals surface area contributed by atoms with Crippen molar-refractivity contribution < 1.29 is 14.3 Å². The number of rotatable bonds is 9. The quantitative estimate of drug-likeness (QED) is 0.672. The molecule has 0 unspecified atom stereocenters. The van der Waals surface area contributed by atoms with Gasteiger partial charge in [-0.15, -0.1) is 0 Å². The van der Waals surface area contributed by atoms with Crippen molar-refractivity contribution in [2.24, 2.45) is 5.92 Å². The molecule has 1 N–H and O–H groups in total. The molecular formula is C24H31NO3. The lowest BCUT2D eigenvalue weighted by molar-refractivity contribution is -0.122. The van der Waals surface area contributed by atoms with Gasteiger partial charge in [0.2, 0.25) is 5.91 Å². The molecule has 4 heteroatoms. The van der Waals surface area contributed by atoms with Gasteiger partial charge in [-0.1, -0.05) is 55.7 Å². The van der Waals surface area contributed by atoms with Gasteiger partial charge in [-0.05, 0) is 48.4 Å². The molecule has 0 radical (unpaired) electrons. The van der Waals surface area contributed by atoms with Gasteiger partial charge in [0.15, 0.2) is 11.5 Å². The highest BCUT2D eigenvalue weighted by Crippen LogP contribution is 2.29. The zero-order valence-corrected chi connectivity index (χ0v) is 16.8. The Labute approximate surface area is 168 Å². The van der Waals surface area contributed by atoms with Gasteiger partial charge in [-0.2, -0.15) is 0 Å². The Bertz CT molecular complexity index is 739. The minimum Gasteiger partial charge on any atom is -0.493 e. The van der Waals surface area contributed by atoms with Crippen LogP contribution in [0.3, 0.4) is 0 Å². The maximum atomic E-state index is 12.1. The molecule has 0 saturated heterocycles. The van der Waals surface area contributed by atoms with Crippen LogP contribution in [0.25, 0.3) is 0 Å². The van der Waals surface area contributed by atoms with Crippen molar-refractivity contribution in [1.29, 1.82) is 0 Å². The Hall–Kier alpha value is -2.49. The molecule has 28 heavy (non-hydrogen) atoms. The predicted molar refractivity (Wildman–Crippen MR) is 112 cm³/mol. The van der Waals surface area contributed by atoms with E-state index in [2.05, 4.69) is 5.32 Å². The van der Waals surface area contributed by atoms with Gasteiger partial charge in [0, 0.05) is 13.0 Å². The minimum atomic E-state index is 0.182. The summed E-state index contributed by atoms with van der Waals surface area (Å²) in [5, 5.41) is 3.07. The van der Waals surface area contributed by atoms with Crippen molar-refractivity contribution in [3.05, 3.63) is 59.7 Å². The summed E-state index contributed by atoms with van der Waals surface area (Å²) in [6.07, 6.45) is 7.74. The van der Waals surface area contributed by atoms with Gasteiger partial charge in [0.05, 0.1) is 7.11 Å². The molecule has 0 spiro atoms. The number of nitrogens with one attached hydrogen (secondary N) is 1. The summed E-state index contributed by atoms with van der Waals surface area (Å²) in [4.78, 5) is 12.1. The summed E-state index contributed by atoms with van der Waals surface area (Å²) in [6, 6.07) is 16.0. The van der Waals surface area contributed by atoms with Crippen LogP contribution in [0, 0.1) is 5.92 Å². The van der Waals surface area contributed by atoms with Gasteiger partial charge < -0.3 is 14.8 Å². The molecule has 2 aromatic rings. The third kappa shape index (κ3) is 6.29. The third-order valence-electron chi connectivity index (χ3n) is 5.40.